The van der Waals surface area contributed by atoms with Gasteiger partial charge in [-0.2, -0.15) is 9.90 Å². The number of nitrogens with zero attached hydrogens (tertiary/aromatic N) is 3. The van der Waals surface area contributed by atoms with E-state index in [4.69, 9.17) is 14.2 Å². The maximum atomic E-state index is 13.8. The van der Waals surface area contributed by atoms with Gasteiger partial charge < -0.3 is 19.3 Å². The Labute approximate surface area is 231 Å². The first-order chi connectivity index (χ1) is 18.7. The summed E-state index contributed by atoms with van der Waals surface area (Å²) in [4.78, 5) is 15.4. The Morgan fingerprint density at radius 2 is 1.82 bits per heavy atom. The van der Waals surface area contributed by atoms with E-state index < -0.39 is 5.60 Å². The van der Waals surface area contributed by atoms with E-state index in [9.17, 15) is 9.90 Å². The third kappa shape index (κ3) is 4.19. The molecule has 8 nitrogen and oxygen atoms in total. The standard InChI is InChI=1S/C31H45N3O5/c1-29(36)14-15-31(18-37-3)19(16-29)6-7-20-21-8-9-23(30(21,2)13-12-22(20)31)25(35)17-34-32-24-10-11-26(38-4)28(39-5)27(24)33-34/h10-11,19-23,36H,6-9,12-18H2,1-5H3. The van der Waals surface area contributed by atoms with Crippen molar-refractivity contribution in [2.45, 2.75) is 83.8 Å². The zero-order valence-corrected chi connectivity index (χ0v) is 24.2. The summed E-state index contributed by atoms with van der Waals surface area (Å²) in [5, 5.41) is 20.1. The summed E-state index contributed by atoms with van der Waals surface area (Å²) in [5.74, 6) is 3.80. The van der Waals surface area contributed by atoms with Crippen LogP contribution in [0.4, 0.5) is 0 Å². The number of hydrogen-bond acceptors (Lipinski definition) is 7. The van der Waals surface area contributed by atoms with Crippen molar-refractivity contribution in [3.05, 3.63) is 12.1 Å². The number of benzene rings is 1. The van der Waals surface area contributed by atoms with E-state index in [0.717, 1.165) is 51.6 Å². The van der Waals surface area contributed by atoms with E-state index in [-0.39, 0.29) is 29.1 Å². The van der Waals surface area contributed by atoms with Crippen molar-refractivity contribution in [2.75, 3.05) is 27.9 Å². The van der Waals surface area contributed by atoms with Crippen LogP contribution in [0.2, 0.25) is 0 Å². The molecule has 6 rings (SSSR count). The molecule has 1 N–H and O–H groups in total. The van der Waals surface area contributed by atoms with Gasteiger partial charge in [-0.05, 0) is 111 Å². The molecule has 0 aliphatic heterocycles. The molecule has 0 radical (unpaired) electrons. The Balaban J connectivity index is 1.22. The van der Waals surface area contributed by atoms with E-state index in [1.807, 2.05) is 26.2 Å². The van der Waals surface area contributed by atoms with Crippen LogP contribution in [-0.2, 0) is 16.1 Å². The van der Waals surface area contributed by atoms with Gasteiger partial charge in [-0.1, -0.05) is 6.92 Å². The van der Waals surface area contributed by atoms with Gasteiger partial charge in [0.05, 0.1) is 26.4 Å². The van der Waals surface area contributed by atoms with Crippen LogP contribution < -0.4 is 9.47 Å². The normalized spacial score (nSPS) is 39.6. The molecule has 8 heteroatoms. The van der Waals surface area contributed by atoms with Gasteiger partial charge in [-0.25, -0.2) is 0 Å². The summed E-state index contributed by atoms with van der Waals surface area (Å²) < 4.78 is 16.8. The Bertz CT molecular complexity index is 1240. The maximum Gasteiger partial charge on any atom is 0.190 e. The largest absolute Gasteiger partial charge is 0.493 e. The van der Waals surface area contributed by atoms with Crippen LogP contribution in [0.15, 0.2) is 12.1 Å². The molecule has 4 aliphatic rings. The van der Waals surface area contributed by atoms with Crippen LogP contribution in [0.1, 0.15) is 71.6 Å². The fraction of sp³-hybridized carbons (Fsp3) is 0.774. The second-order valence-electron chi connectivity index (χ2n) is 13.6. The number of ketones is 1. The van der Waals surface area contributed by atoms with Crippen molar-refractivity contribution in [3.63, 3.8) is 0 Å². The molecule has 2 aromatic rings. The number of methoxy groups -OCH3 is 3. The van der Waals surface area contributed by atoms with Crippen molar-refractivity contribution in [1.29, 1.82) is 0 Å². The summed E-state index contributed by atoms with van der Waals surface area (Å²) >= 11 is 0. The minimum atomic E-state index is -0.552. The molecular weight excluding hydrogens is 494 g/mol. The lowest BCUT2D eigenvalue weighted by Gasteiger charge is -2.62. The molecule has 1 aromatic heterocycles. The van der Waals surface area contributed by atoms with Gasteiger partial charge in [0.2, 0.25) is 0 Å². The molecule has 4 saturated carbocycles. The Morgan fingerprint density at radius 3 is 2.56 bits per heavy atom. The molecule has 8 atom stereocenters. The number of ether oxygens (including phenoxy) is 3. The SMILES string of the molecule is COCC12CCC(C)(O)CC1CCC1C3CCC(C(=O)Cn4nc5ccc(OC)c(OC)c5n4)C3(C)CCC12. The van der Waals surface area contributed by atoms with Crippen LogP contribution in [-0.4, -0.2) is 59.4 Å². The summed E-state index contributed by atoms with van der Waals surface area (Å²) in [6.07, 6.45) is 9.51. The zero-order chi connectivity index (χ0) is 27.6. The summed E-state index contributed by atoms with van der Waals surface area (Å²) in [5.41, 5.74) is 0.953. The molecule has 4 fully saturated rings. The van der Waals surface area contributed by atoms with Gasteiger partial charge >= 0.3 is 0 Å². The van der Waals surface area contributed by atoms with E-state index >= 15 is 0 Å². The monoisotopic (exact) mass is 539 g/mol. The van der Waals surface area contributed by atoms with E-state index in [2.05, 4.69) is 17.1 Å². The Kier molecular flexibility index (Phi) is 6.73. The van der Waals surface area contributed by atoms with Crippen LogP contribution in [0.3, 0.4) is 0 Å². The van der Waals surface area contributed by atoms with Crippen LogP contribution >= 0.6 is 0 Å². The van der Waals surface area contributed by atoms with Crippen molar-refractivity contribution >= 4 is 16.8 Å². The summed E-state index contributed by atoms with van der Waals surface area (Å²) in [7, 11) is 5.04. The van der Waals surface area contributed by atoms with Crippen LogP contribution in [0.5, 0.6) is 11.5 Å². The highest BCUT2D eigenvalue weighted by Gasteiger charge is 2.63. The predicted octanol–water partition coefficient (Wildman–Crippen LogP) is 5.05. The first-order valence-electron chi connectivity index (χ1n) is 14.9. The highest BCUT2D eigenvalue weighted by molar-refractivity contribution is 5.85. The van der Waals surface area contributed by atoms with Gasteiger partial charge in [-0.15, -0.1) is 5.10 Å². The van der Waals surface area contributed by atoms with E-state index in [1.54, 1.807) is 19.0 Å². The van der Waals surface area contributed by atoms with E-state index in [0.29, 0.717) is 46.2 Å². The number of fused-ring (bicyclic) bond motifs is 6. The number of aromatic nitrogens is 3. The minimum absolute atomic E-state index is 0.0208. The molecule has 0 spiro atoms. The second kappa shape index (κ2) is 9.72. The summed E-state index contributed by atoms with van der Waals surface area (Å²) in [6.45, 7) is 5.40. The average molecular weight is 540 g/mol. The van der Waals surface area contributed by atoms with Crippen molar-refractivity contribution < 1.29 is 24.1 Å². The molecular formula is C31H45N3O5. The molecule has 0 bridgehead atoms. The number of aliphatic hydroxyl groups is 1. The molecule has 39 heavy (non-hydrogen) atoms. The van der Waals surface area contributed by atoms with Gasteiger partial charge in [0.25, 0.3) is 0 Å². The number of Topliss-reactive ketones (excluding diaryl/α,β-unsaturated/α-hetero) is 1. The minimum Gasteiger partial charge on any atom is -0.493 e. The first kappa shape index (κ1) is 27.0. The zero-order valence-electron chi connectivity index (χ0n) is 24.2. The number of hydrogen-bond donors (Lipinski definition) is 1. The van der Waals surface area contributed by atoms with Crippen molar-refractivity contribution in [1.82, 2.24) is 15.0 Å². The molecule has 0 saturated heterocycles. The lowest BCUT2D eigenvalue weighted by molar-refractivity contribution is -0.175. The molecule has 8 unspecified atom stereocenters. The first-order valence-corrected chi connectivity index (χ1v) is 14.9. The van der Waals surface area contributed by atoms with Gasteiger partial charge in [0.15, 0.2) is 22.8 Å². The highest BCUT2D eigenvalue weighted by atomic mass is 16.5. The smallest absolute Gasteiger partial charge is 0.190 e. The fourth-order valence-electron chi connectivity index (χ4n) is 9.97. The highest BCUT2D eigenvalue weighted by Crippen LogP contribution is 2.68. The average Bonchev–Trinajstić information content (AvgIpc) is 3.48. The number of carbonyl (C=O) groups excluding carboxylic acids is 1. The third-order valence-electron chi connectivity index (χ3n) is 11.7. The fourth-order valence-corrected chi connectivity index (χ4v) is 9.97. The van der Waals surface area contributed by atoms with Crippen molar-refractivity contribution in [3.8, 4) is 11.5 Å². The quantitative estimate of drug-likeness (QED) is 0.526. The molecule has 1 heterocycles. The molecule has 214 valence electrons. The van der Waals surface area contributed by atoms with Crippen molar-refractivity contribution in [2.24, 2.45) is 40.4 Å². The molecule has 0 amide bonds. The third-order valence-corrected chi connectivity index (χ3v) is 11.7. The number of carbonyl (C=O) groups is 1. The van der Waals surface area contributed by atoms with Gasteiger partial charge in [0.1, 0.15) is 12.1 Å². The Morgan fingerprint density at radius 1 is 1.00 bits per heavy atom. The Hall–Kier alpha value is -2.19. The second-order valence-corrected chi connectivity index (χ2v) is 13.6. The van der Waals surface area contributed by atoms with Gasteiger partial charge in [-0.3, -0.25) is 4.79 Å². The summed E-state index contributed by atoms with van der Waals surface area (Å²) in [6, 6.07) is 3.68. The van der Waals surface area contributed by atoms with Crippen LogP contribution in [0.25, 0.3) is 11.0 Å². The van der Waals surface area contributed by atoms with Crippen LogP contribution in [0, 0.1) is 40.4 Å². The molecule has 4 aliphatic carbocycles. The topological polar surface area (TPSA) is 95.7 Å². The molecule has 1 aromatic carbocycles. The van der Waals surface area contributed by atoms with Gasteiger partial charge in [0, 0.05) is 13.0 Å². The lowest BCUT2D eigenvalue weighted by Crippen LogP contribution is -2.58. The predicted molar refractivity (Wildman–Crippen MR) is 148 cm³/mol. The lowest BCUT2D eigenvalue weighted by atomic mass is 9.43. The number of rotatable bonds is 7. The maximum absolute atomic E-state index is 13.8. The van der Waals surface area contributed by atoms with E-state index in [1.165, 1.54) is 12.8 Å².